The van der Waals surface area contributed by atoms with Crippen molar-refractivity contribution < 1.29 is 23.8 Å². The minimum absolute atomic E-state index is 0.113. The third-order valence-corrected chi connectivity index (χ3v) is 4.93. The molecule has 0 N–H and O–H groups in total. The molecule has 0 unspecified atom stereocenters. The number of nitrogens with zero attached hydrogens (tertiary/aromatic N) is 2. The molecule has 0 aromatic carbocycles. The Kier molecular flexibility index (Phi) is 6.68. The molecule has 26 heavy (non-hydrogen) atoms. The van der Waals surface area contributed by atoms with E-state index in [1.54, 1.807) is 17.2 Å². The average molecular weight is 362 g/mol. The van der Waals surface area contributed by atoms with Crippen LogP contribution in [0.1, 0.15) is 44.2 Å². The van der Waals surface area contributed by atoms with Crippen LogP contribution in [0.2, 0.25) is 0 Å². The number of likely N-dealkylation sites (tertiary alicyclic amines) is 1. The van der Waals surface area contributed by atoms with Crippen molar-refractivity contribution in [3.63, 3.8) is 0 Å². The van der Waals surface area contributed by atoms with Crippen LogP contribution in [0.3, 0.4) is 0 Å². The molecule has 1 aromatic heterocycles. The number of ether oxygens (including phenoxy) is 3. The van der Waals surface area contributed by atoms with Crippen LogP contribution in [0.4, 0.5) is 9.59 Å². The van der Waals surface area contributed by atoms with Gasteiger partial charge in [-0.25, -0.2) is 9.59 Å². The first-order chi connectivity index (χ1) is 12.7. The van der Waals surface area contributed by atoms with E-state index < -0.39 is 6.16 Å². The van der Waals surface area contributed by atoms with Crippen molar-refractivity contribution >= 4 is 12.2 Å². The summed E-state index contributed by atoms with van der Waals surface area (Å²) >= 11 is 0. The second kappa shape index (κ2) is 9.40. The largest absolute Gasteiger partial charge is 0.508 e. The fourth-order valence-electron chi connectivity index (χ4n) is 3.38. The molecule has 7 nitrogen and oxygen atoms in total. The van der Waals surface area contributed by atoms with E-state index in [2.05, 4.69) is 4.98 Å². The van der Waals surface area contributed by atoms with Crippen molar-refractivity contribution in [2.75, 3.05) is 19.7 Å². The van der Waals surface area contributed by atoms with Crippen LogP contribution in [-0.2, 0) is 20.8 Å². The van der Waals surface area contributed by atoms with Gasteiger partial charge in [0.05, 0.1) is 12.3 Å². The van der Waals surface area contributed by atoms with Gasteiger partial charge in [-0.05, 0) is 56.6 Å². The lowest BCUT2D eigenvalue weighted by Crippen LogP contribution is -2.31. The zero-order valence-electron chi connectivity index (χ0n) is 15.0. The van der Waals surface area contributed by atoms with Crippen molar-refractivity contribution in [2.45, 2.75) is 51.2 Å². The van der Waals surface area contributed by atoms with Gasteiger partial charge in [-0.1, -0.05) is 6.07 Å². The van der Waals surface area contributed by atoms with Gasteiger partial charge in [-0.3, -0.25) is 4.98 Å². The first-order valence-corrected chi connectivity index (χ1v) is 9.36. The fraction of sp³-hybridized carbons (Fsp3) is 0.632. The third-order valence-electron chi connectivity index (χ3n) is 4.93. The molecule has 1 aliphatic heterocycles. The highest BCUT2D eigenvalue weighted by atomic mass is 16.7. The van der Waals surface area contributed by atoms with E-state index in [1.807, 2.05) is 12.1 Å². The Balaban J connectivity index is 1.29. The molecule has 1 saturated heterocycles. The van der Waals surface area contributed by atoms with Crippen LogP contribution in [0.25, 0.3) is 0 Å². The third kappa shape index (κ3) is 5.61. The summed E-state index contributed by atoms with van der Waals surface area (Å²) in [7, 11) is 0. The van der Waals surface area contributed by atoms with Crippen LogP contribution in [0.15, 0.2) is 24.4 Å². The maximum absolute atomic E-state index is 11.9. The fourth-order valence-corrected chi connectivity index (χ4v) is 3.38. The smallest absolute Gasteiger partial charge is 0.449 e. The molecule has 1 aliphatic carbocycles. The molecule has 1 amide bonds. The van der Waals surface area contributed by atoms with Crippen LogP contribution in [-0.4, -0.2) is 47.9 Å². The molecular formula is C19H26N2O5. The van der Waals surface area contributed by atoms with E-state index in [-0.39, 0.29) is 18.8 Å². The Morgan fingerprint density at radius 2 is 1.85 bits per heavy atom. The normalized spacial score (nSPS) is 22.7. The summed E-state index contributed by atoms with van der Waals surface area (Å²) in [6.45, 7) is 2.17. The zero-order chi connectivity index (χ0) is 18.2. The molecule has 0 spiro atoms. The Bertz CT molecular complexity index is 581. The summed E-state index contributed by atoms with van der Waals surface area (Å²) in [5, 5.41) is 0. The molecule has 2 heterocycles. The van der Waals surface area contributed by atoms with Gasteiger partial charge in [0.2, 0.25) is 0 Å². The molecule has 1 aromatic rings. The average Bonchev–Trinajstić information content (AvgIpc) is 3.21. The van der Waals surface area contributed by atoms with Gasteiger partial charge < -0.3 is 19.1 Å². The molecule has 0 radical (unpaired) electrons. The second-order valence-electron chi connectivity index (χ2n) is 6.89. The SMILES string of the molecule is O=C(OCc1ccccn1)OC1CCC(COC(=O)N2CCCC2)CC1. The minimum Gasteiger partial charge on any atom is -0.449 e. The van der Waals surface area contributed by atoms with Gasteiger partial charge >= 0.3 is 12.2 Å². The lowest BCUT2D eigenvalue weighted by Gasteiger charge is -2.28. The van der Waals surface area contributed by atoms with Crippen molar-refractivity contribution in [3.05, 3.63) is 30.1 Å². The first-order valence-electron chi connectivity index (χ1n) is 9.36. The molecule has 1 saturated carbocycles. The van der Waals surface area contributed by atoms with Crippen molar-refractivity contribution in [3.8, 4) is 0 Å². The molecule has 2 aliphatic rings. The van der Waals surface area contributed by atoms with E-state index in [1.165, 1.54) is 0 Å². The Morgan fingerprint density at radius 3 is 2.54 bits per heavy atom. The van der Waals surface area contributed by atoms with Crippen LogP contribution < -0.4 is 0 Å². The summed E-state index contributed by atoms with van der Waals surface area (Å²) in [6.07, 6.45) is 6.10. The molecule has 142 valence electrons. The van der Waals surface area contributed by atoms with E-state index in [9.17, 15) is 9.59 Å². The van der Waals surface area contributed by atoms with Gasteiger partial charge in [0.25, 0.3) is 0 Å². The molecular weight excluding hydrogens is 336 g/mol. The number of hydrogen-bond acceptors (Lipinski definition) is 6. The standard InChI is InChI=1S/C19H26N2O5/c22-18(21-11-3-4-12-21)24-13-15-6-8-17(9-7-15)26-19(23)25-14-16-5-1-2-10-20-16/h1-2,5,10,15,17H,3-4,6-9,11-14H2. The van der Waals surface area contributed by atoms with Crippen LogP contribution >= 0.6 is 0 Å². The summed E-state index contributed by atoms with van der Waals surface area (Å²) in [5.74, 6) is 0.339. The lowest BCUT2D eigenvalue weighted by atomic mass is 9.88. The van der Waals surface area contributed by atoms with E-state index >= 15 is 0 Å². The maximum Gasteiger partial charge on any atom is 0.508 e. The van der Waals surface area contributed by atoms with E-state index in [4.69, 9.17) is 14.2 Å². The van der Waals surface area contributed by atoms with Gasteiger partial charge in [-0.15, -0.1) is 0 Å². The first kappa shape index (κ1) is 18.5. The van der Waals surface area contributed by atoms with Crippen molar-refractivity contribution in [2.24, 2.45) is 5.92 Å². The quantitative estimate of drug-likeness (QED) is 0.746. The molecule has 0 bridgehead atoms. The van der Waals surface area contributed by atoms with Gasteiger partial charge in [0.1, 0.15) is 12.7 Å². The minimum atomic E-state index is -0.653. The predicted octanol–water partition coefficient (Wildman–Crippen LogP) is 3.53. The van der Waals surface area contributed by atoms with Gasteiger partial charge in [0, 0.05) is 19.3 Å². The highest BCUT2D eigenvalue weighted by Crippen LogP contribution is 2.27. The predicted molar refractivity (Wildman–Crippen MR) is 93.4 cm³/mol. The Hall–Kier alpha value is -2.31. The summed E-state index contributed by atoms with van der Waals surface area (Å²) in [6, 6.07) is 5.44. The summed E-state index contributed by atoms with van der Waals surface area (Å²) in [5.41, 5.74) is 0.688. The summed E-state index contributed by atoms with van der Waals surface area (Å²) in [4.78, 5) is 29.5. The summed E-state index contributed by atoms with van der Waals surface area (Å²) < 4.78 is 15.9. The van der Waals surface area contributed by atoms with Crippen LogP contribution in [0, 0.1) is 5.92 Å². The molecule has 0 atom stereocenters. The maximum atomic E-state index is 11.9. The van der Waals surface area contributed by atoms with Crippen molar-refractivity contribution in [1.82, 2.24) is 9.88 Å². The highest BCUT2D eigenvalue weighted by Gasteiger charge is 2.26. The topological polar surface area (TPSA) is 78.0 Å². The van der Waals surface area contributed by atoms with Gasteiger partial charge in [0.15, 0.2) is 0 Å². The highest BCUT2D eigenvalue weighted by molar-refractivity contribution is 5.67. The van der Waals surface area contributed by atoms with Crippen LogP contribution in [0.5, 0.6) is 0 Å². The Morgan fingerprint density at radius 1 is 1.08 bits per heavy atom. The van der Waals surface area contributed by atoms with E-state index in [0.29, 0.717) is 18.2 Å². The molecule has 2 fully saturated rings. The number of amides is 1. The number of carbonyl (C=O) groups excluding carboxylic acids is 2. The zero-order valence-corrected chi connectivity index (χ0v) is 15.0. The number of rotatable bonds is 5. The monoisotopic (exact) mass is 362 g/mol. The van der Waals surface area contributed by atoms with Crippen molar-refractivity contribution in [1.29, 1.82) is 0 Å². The van der Waals surface area contributed by atoms with E-state index in [0.717, 1.165) is 51.6 Å². The number of pyridine rings is 1. The lowest BCUT2D eigenvalue weighted by molar-refractivity contribution is -0.00339. The number of aromatic nitrogens is 1. The number of hydrogen-bond donors (Lipinski definition) is 0. The second-order valence-corrected chi connectivity index (χ2v) is 6.89. The molecule has 3 rings (SSSR count). The number of carbonyl (C=O) groups is 2. The van der Waals surface area contributed by atoms with Gasteiger partial charge in [-0.2, -0.15) is 0 Å². The molecule has 7 heteroatoms. The Labute approximate surface area is 153 Å².